The number of benzene rings is 1. The lowest BCUT2D eigenvalue weighted by Gasteiger charge is -2.44. The summed E-state index contributed by atoms with van der Waals surface area (Å²) in [5.41, 5.74) is 3.01. The lowest BCUT2D eigenvalue weighted by Crippen LogP contribution is -2.49. The third-order valence-corrected chi connectivity index (χ3v) is 6.59. The van der Waals surface area contributed by atoms with Crippen LogP contribution in [-0.2, 0) is 13.0 Å². The zero-order valence-electron chi connectivity index (χ0n) is 15.4. The third-order valence-electron chi connectivity index (χ3n) is 6.59. The number of nitrogens with zero attached hydrogens (tertiary/aromatic N) is 2. The summed E-state index contributed by atoms with van der Waals surface area (Å²) in [4.78, 5) is 5.16. The van der Waals surface area contributed by atoms with Gasteiger partial charge in [-0.2, -0.15) is 0 Å². The van der Waals surface area contributed by atoms with E-state index in [2.05, 4.69) is 41.8 Å². The first-order valence-corrected chi connectivity index (χ1v) is 9.95. The Hall–Kier alpha value is -1.06. The van der Waals surface area contributed by atoms with Crippen molar-refractivity contribution in [2.24, 2.45) is 0 Å². The largest absolute Gasteiger partial charge is 0.487 e. The molecule has 3 heteroatoms. The van der Waals surface area contributed by atoms with E-state index in [9.17, 15) is 0 Å². The Morgan fingerprint density at radius 3 is 2.71 bits per heavy atom. The van der Waals surface area contributed by atoms with Crippen LogP contribution >= 0.6 is 0 Å². The van der Waals surface area contributed by atoms with Gasteiger partial charge in [-0.25, -0.2) is 0 Å². The minimum absolute atomic E-state index is 0.115. The molecule has 0 radical (unpaired) electrons. The number of hydrogen-bond acceptors (Lipinski definition) is 3. The van der Waals surface area contributed by atoms with E-state index in [4.69, 9.17) is 4.74 Å². The molecule has 0 saturated carbocycles. The van der Waals surface area contributed by atoms with E-state index in [1.54, 1.807) is 0 Å². The number of hydrogen-bond donors (Lipinski definition) is 0. The maximum atomic E-state index is 6.56. The summed E-state index contributed by atoms with van der Waals surface area (Å²) in [5, 5.41) is 0. The number of rotatable bonds is 3. The summed E-state index contributed by atoms with van der Waals surface area (Å²) >= 11 is 0. The highest BCUT2D eigenvalue weighted by Crippen LogP contribution is 2.39. The highest BCUT2D eigenvalue weighted by atomic mass is 16.5. The van der Waals surface area contributed by atoms with Gasteiger partial charge in [-0.3, -0.25) is 4.90 Å². The molecule has 3 nitrogen and oxygen atoms in total. The van der Waals surface area contributed by atoms with Crippen LogP contribution < -0.4 is 4.74 Å². The van der Waals surface area contributed by atoms with Crippen molar-refractivity contribution in [1.82, 2.24) is 9.80 Å². The Morgan fingerprint density at radius 2 is 2.00 bits per heavy atom. The van der Waals surface area contributed by atoms with Gasteiger partial charge in [0.15, 0.2) is 0 Å². The van der Waals surface area contributed by atoms with Gasteiger partial charge in [-0.1, -0.05) is 19.1 Å². The number of piperidine rings is 1. The van der Waals surface area contributed by atoms with E-state index in [1.165, 1.54) is 75.8 Å². The van der Waals surface area contributed by atoms with Crippen LogP contribution in [0.1, 0.15) is 57.1 Å². The Balaban J connectivity index is 1.44. The summed E-state index contributed by atoms with van der Waals surface area (Å²) in [6.07, 6.45) is 7.46. The molecule has 4 rings (SSSR count). The molecule has 3 heterocycles. The maximum Gasteiger partial charge on any atom is 0.123 e. The average Bonchev–Trinajstić information content (AvgIpc) is 3.01. The smallest absolute Gasteiger partial charge is 0.123 e. The summed E-state index contributed by atoms with van der Waals surface area (Å²) in [6.45, 7) is 10.5. The van der Waals surface area contributed by atoms with E-state index in [-0.39, 0.29) is 5.60 Å². The Bertz CT molecular complexity index is 577. The van der Waals surface area contributed by atoms with Crippen molar-refractivity contribution in [3.8, 4) is 5.75 Å². The Kier molecular flexibility index (Phi) is 4.57. The molecule has 1 aromatic carbocycles. The van der Waals surface area contributed by atoms with Crippen LogP contribution in [0.5, 0.6) is 5.75 Å². The van der Waals surface area contributed by atoms with Crippen molar-refractivity contribution in [2.75, 3.05) is 26.2 Å². The molecule has 24 heavy (non-hydrogen) atoms. The molecule has 1 unspecified atom stereocenters. The molecule has 1 atom stereocenters. The highest BCUT2D eigenvalue weighted by Gasteiger charge is 2.39. The fraction of sp³-hybridized carbons (Fsp3) is 0.714. The number of aryl methyl sites for hydroxylation is 1. The van der Waals surface area contributed by atoms with E-state index >= 15 is 0 Å². The van der Waals surface area contributed by atoms with Crippen LogP contribution in [0.15, 0.2) is 18.2 Å². The highest BCUT2D eigenvalue weighted by molar-refractivity contribution is 5.40. The molecular formula is C21H32N2O. The molecule has 0 bridgehead atoms. The van der Waals surface area contributed by atoms with Gasteiger partial charge >= 0.3 is 0 Å². The summed E-state index contributed by atoms with van der Waals surface area (Å²) in [7, 11) is 0. The molecule has 0 amide bonds. The standard InChI is InChI=1S/C21H32N2O/c1-3-22-13-10-21(11-14-22)9-8-19-15-18(6-7-20(19)24-21)16-23-12-4-5-17(23)2/h6-7,15,17H,3-5,8-14,16H2,1-2H3. The van der Waals surface area contributed by atoms with Crippen molar-refractivity contribution in [2.45, 2.75) is 70.6 Å². The summed E-state index contributed by atoms with van der Waals surface area (Å²) in [6, 6.07) is 7.70. The monoisotopic (exact) mass is 328 g/mol. The quantitative estimate of drug-likeness (QED) is 0.838. The van der Waals surface area contributed by atoms with Gasteiger partial charge < -0.3 is 9.64 Å². The SMILES string of the molecule is CCN1CCC2(CCc3cc(CN4CCCC4C)ccc3O2)CC1. The van der Waals surface area contributed by atoms with Crippen molar-refractivity contribution in [3.63, 3.8) is 0 Å². The van der Waals surface area contributed by atoms with Crippen LogP contribution in [0.25, 0.3) is 0 Å². The molecule has 0 aliphatic carbocycles. The fourth-order valence-corrected chi connectivity index (χ4v) is 4.76. The van der Waals surface area contributed by atoms with Crippen LogP contribution in [0.2, 0.25) is 0 Å². The Labute approximate surface area is 147 Å². The van der Waals surface area contributed by atoms with Crippen LogP contribution in [0.3, 0.4) is 0 Å². The third kappa shape index (κ3) is 3.21. The fourth-order valence-electron chi connectivity index (χ4n) is 4.76. The van der Waals surface area contributed by atoms with Crippen LogP contribution in [0, 0.1) is 0 Å². The number of fused-ring (bicyclic) bond motifs is 1. The first-order valence-electron chi connectivity index (χ1n) is 9.95. The molecule has 1 spiro atoms. The number of ether oxygens (including phenoxy) is 1. The van der Waals surface area contributed by atoms with E-state index in [0.29, 0.717) is 0 Å². The molecule has 0 aromatic heterocycles. The second-order valence-corrected chi connectivity index (χ2v) is 8.12. The maximum absolute atomic E-state index is 6.56. The van der Waals surface area contributed by atoms with Crippen molar-refractivity contribution in [3.05, 3.63) is 29.3 Å². The number of likely N-dealkylation sites (tertiary alicyclic amines) is 2. The lowest BCUT2D eigenvalue weighted by atomic mass is 9.83. The van der Waals surface area contributed by atoms with E-state index in [1.807, 2.05) is 0 Å². The van der Waals surface area contributed by atoms with Gasteiger partial charge in [0, 0.05) is 25.7 Å². The minimum atomic E-state index is 0.115. The molecule has 3 aliphatic heterocycles. The van der Waals surface area contributed by atoms with Gasteiger partial charge in [0.25, 0.3) is 0 Å². The summed E-state index contributed by atoms with van der Waals surface area (Å²) in [5.74, 6) is 1.16. The van der Waals surface area contributed by atoms with Gasteiger partial charge in [0.05, 0.1) is 0 Å². The predicted molar refractivity (Wildman–Crippen MR) is 98.6 cm³/mol. The van der Waals surface area contributed by atoms with Crippen LogP contribution in [0.4, 0.5) is 0 Å². The minimum Gasteiger partial charge on any atom is -0.487 e. The molecular weight excluding hydrogens is 296 g/mol. The molecule has 0 N–H and O–H groups in total. The molecule has 3 aliphatic rings. The summed E-state index contributed by atoms with van der Waals surface area (Å²) < 4.78 is 6.56. The van der Waals surface area contributed by atoms with Gasteiger partial charge in [-0.15, -0.1) is 0 Å². The topological polar surface area (TPSA) is 15.7 Å². The zero-order valence-corrected chi connectivity index (χ0v) is 15.4. The van der Waals surface area contributed by atoms with E-state index < -0.39 is 0 Å². The van der Waals surface area contributed by atoms with Gasteiger partial charge in [-0.05, 0) is 75.7 Å². The lowest BCUT2D eigenvalue weighted by molar-refractivity contribution is -0.0133. The van der Waals surface area contributed by atoms with Crippen molar-refractivity contribution in [1.29, 1.82) is 0 Å². The first-order chi connectivity index (χ1) is 11.7. The Morgan fingerprint density at radius 1 is 1.17 bits per heavy atom. The van der Waals surface area contributed by atoms with Crippen molar-refractivity contribution < 1.29 is 4.74 Å². The second-order valence-electron chi connectivity index (χ2n) is 8.12. The van der Waals surface area contributed by atoms with Gasteiger partial charge in [0.1, 0.15) is 11.4 Å². The predicted octanol–water partition coefficient (Wildman–Crippen LogP) is 3.85. The first kappa shape index (κ1) is 16.4. The average molecular weight is 329 g/mol. The van der Waals surface area contributed by atoms with E-state index in [0.717, 1.165) is 18.3 Å². The van der Waals surface area contributed by atoms with Crippen molar-refractivity contribution >= 4 is 0 Å². The normalized spacial score (nSPS) is 27.2. The van der Waals surface area contributed by atoms with Gasteiger partial charge in [0.2, 0.25) is 0 Å². The molecule has 2 fully saturated rings. The zero-order chi connectivity index (χ0) is 16.6. The molecule has 1 aromatic rings. The molecule has 132 valence electrons. The van der Waals surface area contributed by atoms with Crippen LogP contribution in [-0.4, -0.2) is 47.6 Å². The second kappa shape index (κ2) is 6.68. The molecule has 2 saturated heterocycles.